The molecule has 4 nitrogen and oxygen atoms in total. The summed E-state index contributed by atoms with van der Waals surface area (Å²) in [7, 11) is 0. The van der Waals surface area contributed by atoms with Gasteiger partial charge in [0.05, 0.1) is 5.75 Å². The number of benzene rings is 2. The molecule has 0 aliphatic heterocycles. The molecule has 0 saturated carbocycles. The fourth-order valence-electron chi connectivity index (χ4n) is 3.33. The van der Waals surface area contributed by atoms with E-state index < -0.39 is 6.04 Å². The smallest absolute Gasteiger partial charge is 0.243 e. The van der Waals surface area contributed by atoms with E-state index in [9.17, 15) is 9.59 Å². The first-order valence-corrected chi connectivity index (χ1v) is 12.9. The van der Waals surface area contributed by atoms with Crippen molar-refractivity contribution < 1.29 is 9.59 Å². The summed E-state index contributed by atoms with van der Waals surface area (Å²) in [5.74, 6) is 0.637. The van der Waals surface area contributed by atoms with Crippen LogP contribution in [0.2, 0.25) is 10.0 Å². The van der Waals surface area contributed by atoms with Crippen LogP contribution in [0.5, 0.6) is 0 Å². The highest BCUT2D eigenvalue weighted by molar-refractivity contribution is 7.99. The minimum absolute atomic E-state index is 0.0553. The van der Waals surface area contributed by atoms with Gasteiger partial charge in [-0.2, -0.15) is 0 Å². The van der Waals surface area contributed by atoms with Gasteiger partial charge in [-0.05, 0) is 49.4 Å². The lowest BCUT2D eigenvalue weighted by Gasteiger charge is -2.31. The molecule has 0 aliphatic carbocycles. The second-order valence-corrected chi connectivity index (χ2v) is 9.56. The van der Waals surface area contributed by atoms with E-state index in [2.05, 4.69) is 5.32 Å². The highest BCUT2D eigenvalue weighted by Crippen LogP contribution is 2.28. The largest absolute Gasteiger partial charge is 0.352 e. The molecule has 0 aromatic heterocycles. The first-order valence-electron chi connectivity index (χ1n) is 11.0. The van der Waals surface area contributed by atoms with Crippen molar-refractivity contribution in [2.45, 2.75) is 57.9 Å². The lowest BCUT2D eigenvalue weighted by atomic mass is 10.1. The van der Waals surface area contributed by atoms with Crippen molar-refractivity contribution in [2.75, 3.05) is 12.3 Å². The number of nitrogens with one attached hydrogen (secondary N) is 1. The van der Waals surface area contributed by atoms with Gasteiger partial charge in [-0.3, -0.25) is 9.59 Å². The SMILES string of the molecule is CC[C@H](C)NC(=O)[C@H](CC)N(CCc1ccccc1)C(=O)CSCc1c(Cl)cccc1Cl. The summed E-state index contributed by atoms with van der Waals surface area (Å²) >= 11 is 14.0. The Morgan fingerprint density at radius 2 is 1.66 bits per heavy atom. The predicted octanol–water partition coefficient (Wildman–Crippen LogP) is 5.99. The van der Waals surface area contributed by atoms with Crippen LogP contribution in [0.4, 0.5) is 0 Å². The quantitative estimate of drug-likeness (QED) is 0.394. The van der Waals surface area contributed by atoms with Crippen LogP contribution in [0.15, 0.2) is 48.5 Å². The van der Waals surface area contributed by atoms with E-state index in [0.29, 0.717) is 35.2 Å². The first kappa shape index (κ1) is 26.6. The van der Waals surface area contributed by atoms with Crippen molar-refractivity contribution >= 4 is 46.8 Å². The molecule has 32 heavy (non-hydrogen) atoms. The summed E-state index contributed by atoms with van der Waals surface area (Å²) in [5.41, 5.74) is 1.96. The lowest BCUT2D eigenvalue weighted by Crippen LogP contribution is -2.52. The average molecular weight is 496 g/mol. The third kappa shape index (κ3) is 8.02. The Hall–Kier alpha value is -1.69. The maximum absolute atomic E-state index is 13.2. The van der Waals surface area contributed by atoms with Crippen LogP contribution in [-0.2, 0) is 21.8 Å². The van der Waals surface area contributed by atoms with Gasteiger partial charge in [0.15, 0.2) is 0 Å². The molecule has 2 rings (SSSR count). The van der Waals surface area contributed by atoms with Crippen LogP contribution in [0.25, 0.3) is 0 Å². The van der Waals surface area contributed by atoms with E-state index in [1.807, 2.05) is 51.1 Å². The number of rotatable bonds is 12. The van der Waals surface area contributed by atoms with Gasteiger partial charge in [-0.1, -0.05) is 73.4 Å². The normalized spacial score (nSPS) is 12.8. The van der Waals surface area contributed by atoms with Crippen LogP contribution in [0, 0.1) is 0 Å². The molecule has 0 bridgehead atoms. The summed E-state index contributed by atoms with van der Waals surface area (Å²) < 4.78 is 0. The van der Waals surface area contributed by atoms with Gasteiger partial charge < -0.3 is 10.2 Å². The Balaban J connectivity index is 2.10. The topological polar surface area (TPSA) is 49.4 Å². The third-order valence-corrected chi connectivity index (χ3v) is 7.06. The highest BCUT2D eigenvalue weighted by Gasteiger charge is 2.28. The van der Waals surface area contributed by atoms with E-state index in [0.717, 1.165) is 17.5 Å². The van der Waals surface area contributed by atoms with Crippen LogP contribution < -0.4 is 5.32 Å². The van der Waals surface area contributed by atoms with Crippen molar-refractivity contribution in [1.29, 1.82) is 0 Å². The van der Waals surface area contributed by atoms with Gasteiger partial charge in [0.1, 0.15) is 6.04 Å². The molecule has 0 fully saturated rings. The molecular formula is C25H32Cl2N2O2S. The van der Waals surface area contributed by atoms with E-state index in [4.69, 9.17) is 23.2 Å². The molecule has 0 saturated heterocycles. The zero-order chi connectivity index (χ0) is 23.5. The summed E-state index contributed by atoms with van der Waals surface area (Å²) in [6, 6.07) is 15.0. The van der Waals surface area contributed by atoms with E-state index >= 15 is 0 Å². The minimum atomic E-state index is -0.496. The molecule has 7 heteroatoms. The number of halogens is 2. The zero-order valence-corrected chi connectivity index (χ0v) is 21.3. The molecule has 0 spiro atoms. The van der Waals surface area contributed by atoms with Crippen molar-refractivity contribution in [3.05, 3.63) is 69.7 Å². The van der Waals surface area contributed by atoms with E-state index in [1.165, 1.54) is 11.8 Å². The Morgan fingerprint density at radius 1 is 1.00 bits per heavy atom. The Kier molecular flexibility index (Phi) is 11.4. The van der Waals surface area contributed by atoms with Crippen molar-refractivity contribution in [3.63, 3.8) is 0 Å². The molecule has 1 N–H and O–H groups in total. The standard InChI is InChI=1S/C25H32Cl2N2O2S/c1-4-18(3)28-25(31)23(5-2)29(15-14-19-10-7-6-8-11-19)24(30)17-32-16-20-21(26)12-9-13-22(20)27/h6-13,18,23H,4-5,14-17H2,1-3H3,(H,28,31)/t18-,23-/m0/s1. The molecule has 0 radical (unpaired) electrons. The number of amides is 2. The number of hydrogen-bond donors (Lipinski definition) is 1. The maximum atomic E-state index is 13.2. The van der Waals surface area contributed by atoms with Crippen molar-refractivity contribution in [2.24, 2.45) is 0 Å². The number of hydrogen-bond acceptors (Lipinski definition) is 3. The fourth-order valence-corrected chi connectivity index (χ4v) is 4.98. The summed E-state index contributed by atoms with van der Waals surface area (Å²) in [6.45, 7) is 6.44. The summed E-state index contributed by atoms with van der Waals surface area (Å²) in [6.07, 6.45) is 2.10. The Morgan fingerprint density at radius 3 is 2.25 bits per heavy atom. The van der Waals surface area contributed by atoms with Gasteiger partial charge in [-0.25, -0.2) is 0 Å². The Bertz CT molecular complexity index is 859. The first-order chi connectivity index (χ1) is 15.4. The highest BCUT2D eigenvalue weighted by atomic mass is 35.5. The van der Waals surface area contributed by atoms with E-state index in [-0.39, 0.29) is 23.6 Å². The second-order valence-electron chi connectivity index (χ2n) is 7.76. The van der Waals surface area contributed by atoms with Gasteiger partial charge in [0, 0.05) is 28.4 Å². The molecule has 2 aromatic carbocycles. The van der Waals surface area contributed by atoms with Crippen molar-refractivity contribution in [3.8, 4) is 0 Å². The number of nitrogens with zero attached hydrogens (tertiary/aromatic N) is 1. The van der Waals surface area contributed by atoms with E-state index in [1.54, 1.807) is 23.1 Å². The van der Waals surface area contributed by atoms with Crippen LogP contribution >= 0.6 is 35.0 Å². The number of carbonyl (C=O) groups is 2. The molecule has 2 atom stereocenters. The van der Waals surface area contributed by atoms with Gasteiger partial charge in [0.2, 0.25) is 11.8 Å². The van der Waals surface area contributed by atoms with Gasteiger partial charge in [-0.15, -0.1) is 11.8 Å². The van der Waals surface area contributed by atoms with Crippen LogP contribution in [0.1, 0.15) is 44.7 Å². The number of carbonyl (C=O) groups excluding carboxylic acids is 2. The third-order valence-electron chi connectivity index (χ3n) is 5.40. The van der Waals surface area contributed by atoms with Crippen LogP contribution in [0.3, 0.4) is 0 Å². The molecular weight excluding hydrogens is 463 g/mol. The minimum Gasteiger partial charge on any atom is -0.352 e. The van der Waals surface area contributed by atoms with Gasteiger partial charge in [0.25, 0.3) is 0 Å². The zero-order valence-electron chi connectivity index (χ0n) is 18.9. The molecule has 174 valence electrons. The molecule has 2 amide bonds. The lowest BCUT2D eigenvalue weighted by molar-refractivity contribution is -0.139. The molecule has 0 unspecified atom stereocenters. The predicted molar refractivity (Wildman–Crippen MR) is 136 cm³/mol. The molecule has 0 aliphatic rings. The maximum Gasteiger partial charge on any atom is 0.243 e. The summed E-state index contributed by atoms with van der Waals surface area (Å²) in [5, 5.41) is 4.23. The second kappa shape index (κ2) is 13.8. The summed E-state index contributed by atoms with van der Waals surface area (Å²) in [4.78, 5) is 27.9. The van der Waals surface area contributed by atoms with Crippen molar-refractivity contribution in [1.82, 2.24) is 10.2 Å². The monoisotopic (exact) mass is 494 g/mol. The molecule has 2 aromatic rings. The number of thioether (sulfide) groups is 1. The molecule has 0 heterocycles. The average Bonchev–Trinajstić information content (AvgIpc) is 2.78. The fraction of sp³-hybridized carbons (Fsp3) is 0.440. The van der Waals surface area contributed by atoms with Gasteiger partial charge >= 0.3 is 0 Å². The van der Waals surface area contributed by atoms with Crippen LogP contribution in [-0.4, -0.2) is 41.1 Å². The Labute approximate surface area is 206 Å².